The molecular formula is AlCaOP. The van der Waals surface area contributed by atoms with Crippen molar-refractivity contribution in [3.8, 4) is 0 Å². The molecule has 0 aromatic carbocycles. The summed E-state index contributed by atoms with van der Waals surface area (Å²) < 4.78 is 0. The molecule has 0 N–H and O–H groups in total. The Morgan fingerprint density at radius 3 is 1.00 bits per heavy atom. The smallest absolute Gasteiger partial charge is 2.00 e. The minimum atomic E-state index is 0. The molecule has 4 heteroatoms. The van der Waals surface area contributed by atoms with Gasteiger partial charge in [-0.15, -0.1) is 0 Å². The second kappa shape index (κ2) is 19.0. The van der Waals surface area contributed by atoms with E-state index in [1.54, 1.807) is 0 Å². The molecule has 0 rings (SSSR count). The van der Waals surface area contributed by atoms with Gasteiger partial charge in [-0.1, -0.05) is 0 Å². The number of hydrogen-bond donors (Lipinski definition) is 0. The van der Waals surface area contributed by atoms with Crippen LogP contribution < -0.4 is 0 Å². The fourth-order valence-corrected chi connectivity index (χ4v) is 0. The van der Waals surface area contributed by atoms with Crippen LogP contribution in [0.2, 0.25) is 0 Å². The van der Waals surface area contributed by atoms with Crippen molar-refractivity contribution in [3.63, 3.8) is 0 Å². The van der Waals surface area contributed by atoms with E-state index in [2.05, 4.69) is 0 Å². The van der Waals surface area contributed by atoms with Gasteiger partial charge < -0.3 is 5.48 Å². The maximum Gasteiger partial charge on any atom is 2.00 e. The molecule has 0 atom stereocenters. The first kappa shape index (κ1) is 34.9. The molecule has 0 amide bonds. The normalized spacial score (nSPS) is 0. The molecule has 4 heavy (non-hydrogen) atoms. The van der Waals surface area contributed by atoms with Crippen LogP contribution in [0.15, 0.2) is 0 Å². The van der Waals surface area contributed by atoms with Crippen LogP contribution in [-0.2, 0) is 5.48 Å². The van der Waals surface area contributed by atoms with Crippen molar-refractivity contribution in [2.24, 2.45) is 0 Å². The van der Waals surface area contributed by atoms with Gasteiger partial charge in [-0.25, -0.2) is 0 Å². The van der Waals surface area contributed by atoms with Crippen LogP contribution in [0.4, 0.5) is 0 Å². The van der Waals surface area contributed by atoms with Crippen molar-refractivity contribution >= 4 is 65.0 Å². The zero-order chi connectivity index (χ0) is 0. The van der Waals surface area contributed by atoms with E-state index >= 15 is 0 Å². The van der Waals surface area contributed by atoms with Crippen molar-refractivity contribution in [1.29, 1.82) is 0 Å². The van der Waals surface area contributed by atoms with Gasteiger partial charge in [0, 0.05) is 27.3 Å². The molecule has 0 fully saturated rings. The van der Waals surface area contributed by atoms with Gasteiger partial charge in [0.05, 0.1) is 0 Å². The van der Waals surface area contributed by atoms with Crippen LogP contribution in [-0.4, -0.2) is 55.1 Å². The predicted octanol–water partition coefficient (Wildman–Crippen LogP) is -0.0192. The first-order chi connectivity index (χ1) is 0. The molecule has 0 aliphatic carbocycles. The molecule has 0 heterocycles. The minimum absolute atomic E-state index is 0. The van der Waals surface area contributed by atoms with Crippen LogP contribution in [0.25, 0.3) is 0 Å². The molecule has 0 aromatic rings. The van der Waals surface area contributed by atoms with Crippen molar-refractivity contribution in [2.45, 2.75) is 0 Å². The van der Waals surface area contributed by atoms with Gasteiger partial charge in [-0.2, -0.15) is 0 Å². The summed E-state index contributed by atoms with van der Waals surface area (Å²) in [6, 6.07) is 0. The predicted molar refractivity (Wildman–Crippen MR) is 19.1 cm³/mol. The Kier molecular flexibility index (Phi) is 166. The van der Waals surface area contributed by atoms with E-state index in [4.69, 9.17) is 0 Å². The van der Waals surface area contributed by atoms with Crippen molar-refractivity contribution < 1.29 is 5.48 Å². The van der Waals surface area contributed by atoms with Crippen molar-refractivity contribution in [2.75, 3.05) is 0 Å². The van der Waals surface area contributed by atoms with E-state index in [0.717, 1.165) is 0 Å². The van der Waals surface area contributed by atoms with E-state index in [0.29, 0.717) is 0 Å². The van der Waals surface area contributed by atoms with Gasteiger partial charge >= 0.3 is 37.7 Å². The molecule has 0 spiro atoms. The Morgan fingerprint density at radius 2 is 1.00 bits per heavy atom. The molecule has 0 aromatic heterocycles. The first-order valence-corrected chi connectivity index (χ1v) is 0. The topological polar surface area (TPSA) is 28.5 Å². The summed E-state index contributed by atoms with van der Waals surface area (Å²) in [5.74, 6) is 0. The van der Waals surface area contributed by atoms with Gasteiger partial charge in [-0.05, 0) is 0 Å². The molecule has 0 saturated heterocycles. The largest absolute Gasteiger partial charge is 2.00 e. The van der Waals surface area contributed by atoms with Crippen molar-refractivity contribution in [3.05, 3.63) is 0 Å². The molecule has 6 radical (unpaired) electrons. The van der Waals surface area contributed by atoms with Gasteiger partial charge in [0.1, 0.15) is 0 Å². The van der Waals surface area contributed by atoms with Gasteiger partial charge in [0.2, 0.25) is 0 Å². The van der Waals surface area contributed by atoms with Crippen LogP contribution in [0.3, 0.4) is 0 Å². The molecule has 0 aliphatic heterocycles. The average molecular weight is 114 g/mol. The maximum atomic E-state index is 0. The fraction of sp³-hybridized carbons (Fsp3) is 0. The summed E-state index contributed by atoms with van der Waals surface area (Å²) in [6.07, 6.45) is 0. The Morgan fingerprint density at radius 1 is 1.00 bits per heavy atom. The van der Waals surface area contributed by atoms with Gasteiger partial charge in [0.15, 0.2) is 0 Å². The standard InChI is InChI=1S/Al.Ca.O.P/q;+2;-2;. The van der Waals surface area contributed by atoms with E-state index < -0.39 is 0 Å². The van der Waals surface area contributed by atoms with E-state index in [1.807, 2.05) is 0 Å². The van der Waals surface area contributed by atoms with Gasteiger partial charge in [0.25, 0.3) is 0 Å². The summed E-state index contributed by atoms with van der Waals surface area (Å²) in [5.41, 5.74) is 0. The third kappa shape index (κ3) is 8.89. The van der Waals surface area contributed by atoms with Crippen molar-refractivity contribution in [1.82, 2.24) is 0 Å². The molecule has 16 valence electrons. The molecule has 0 unspecified atom stereocenters. The summed E-state index contributed by atoms with van der Waals surface area (Å²) in [4.78, 5) is 0. The summed E-state index contributed by atoms with van der Waals surface area (Å²) in [7, 11) is 0. The average Bonchev–Trinajstić information content (AvgIpc) is 0. The SMILES string of the molecule is [Al].[Ca+2].[O-2].[P]. The molecule has 1 nitrogen and oxygen atoms in total. The molecule has 0 aliphatic rings. The van der Waals surface area contributed by atoms with Gasteiger partial charge in [-0.3, -0.25) is 0 Å². The minimum Gasteiger partial charge on any atom is -2.00 e. The monoisotopic (exact) mass is 114 g/mol. The van der Waals surface area contributed by atoms with E-state index in [1.165, 1.54) is 0 Å². The fourth-order valence-electron chi connectivity index (χ4n) is 0. The molecule has 0 saturated carbocycles. The zero-order valence-electron chi connectivity index (χ0n) is 2.14. The Labute approximate surface area is 69.6 Å². The maximum absolute atomic E-state index is 0. The third-order valence-corrected chi connectivity index (χ3v) is 0. The molecule has 0 bridgehead atoms. The summed E-state index contributed by atoms with van der Waals surface area (Å²) in [6.45, 7) is 0. The Bertz CT molecular complexity index is 8.00. The van der Waals surface area contributed by atoms with E-state index in [9.17, 15) is 0 Å². The number of rotatable bonds is 0. The third-order valence-electron chi connectivity index (χ3n) is 0. The first-order valence-electron chi connectivity index (χ1n) is 0. The second-order valence-electron chi connectivity index (χ2n) is 0. The quantitative estimate of drug-likeness (QED) is 0.313. The Hall–Kier alpha value is 2.18. The van der Waals surface area contributed by atoms with Crippen LogP contribution in [0.5, 0.6) is 0 Å². The van der Waals surface area contributed by atoms with E-state index in [-0.39, 0.29) is 70.5 Å². The molecular weight excluding hydrogens is 114 g/mol. The van der Waals surface area contributed by atoms with Crippen LogP contribution >= 0.6 is 9.90 Å². The summed E-state index contributed by atoms with van der Waals surface area (Å²) in [5, 5.41) is 0. The second-order valence-corrected chi connectivity index (χ2v) is 0. The van der Waals surface area contributed by atoms with Crippen LogP contribution in [0.1, 0.15) is 0 Å². The Balaban J connectivity index is 0. The van der Waals surface area contributed by atoms with Crippen LogP contribution in [0, 0.1) is 0 Å². The zero-order valence-corrected chi connectivity index (χ0v) is 6.40. The number of hydrogen-bond acceptors (Lipinski definition) is 0. The summed E-state index contributed by atoms with van der Waals surface area (Å²) >= 11 is 0.